The summed E-state index contributed by atoms with van der Waals surface area (Å²) in [4.78, 5) is 13.7. The van der Waals surface area contributed by atoms with Crippen molar-refractivity contribution < 1.29 is 4.79 Å². The van der Waals surface area contributed by atoms with Crippen molar-refractivity contribution >= 4 is 12.0 Å². The van der Waals surface area contributed by atoms with Gasteiger partial charge in [-0.1, -0.05) is 37.3 Å². The third kappa shape index (κ3) is 4.83. The normalized spacial score (nSPS) is 12.9. The van der Waals surface area contributed by atoms with E-state index in [4.69, 9.17) is 0 Å². The molecular formula is C14H20N2O. The molecule has 0 bridgehead atoms. The van der Waals surface area contributed by atoms with Crippen LogP contribution in [-0.4, -0.2) is 31.1 Å². The SMILES string of the molecule is CCC(NC(=O)C=Cc1ccccc1)N(C)C. The Morgan fingerprint density at radius 1 is 1.35 bits per heavy atom. The maximum absolute atomic E-state index is 11.7. The quantitative estimate of drug-likeness (QED) is 0.623. The molecule has 0 heterocycles. The molecular weight excluding hydrogens is 212 g/mol. The molecule has 0 saturated heterocycles. The lowest BCUT2D eigenvalue weighted by Gasteiger charge is -2.23. The molecule has 1 aromatic carbocycles. The molecule has 0 fully saturated rings. The molecule has 0 aliphatic carbocycles. The van der Waals surface area contributed by atoms with Crippen molar-refractivity contribution in [1.82, 2.24) is 10.2 Å². The number of carbonyl (C=O) groups is 1. The Labute approximate surface area is 103 Å². The minimum Gasteiger partial charge on any atom is -0.337 e. The van der Waals surface area contributed by atoms with E-state index >= 15 is 0 Å². The molecule has 1 atom stereocenters. The van der Waals surface area contributed by atoms with Gasteiger partial charge in [0.15, 0.2) is 0 Å². The van der Waals surface area contributed by atoms with E-state index in [1.807, 2.05) is 62.3 Å². The maximum Gasteiger partial charge on any atom is 0.245 e. The summed E-state index contributed by atoms with van der Waals surface area (Å²) in [6, 6.07) is 9.79. The first-order chi connectivity index (χ1) is 8.13. The lowest BCUT2D eigenvalue weighted by atomic mass is 10.2. The van der Waals surface area contributed by atoms with Crippen molar-refractivity contribution in [2.24, 2.45) is 0 Å². The molecule has 17 heavy (non-hydrogen) atoms. The molecule has 1 N–H and O–H groups in total. The Hall–Kier alpha value is -1.61. The number of nitrogens with zero attached hydrogens (tertiary/aromatic N) is 1. The second-order valence-electron chi connectivity index (χ2n) is 4.14. The zero-order chi connectivity index (χ0) is 12.7. The second kappa shape index (κ2) is 6.86. The number of hydrogen-bond acceptors (Lipinski definition) is 2. The van der Waals surface area contributed by atoms with E-state index < -0.39 is 0 Å². The number of benzene rings is 1. The topological polar surface area (TPSA) is 32.3 Å². The van der Waals surface area contributed by atoms with Gasteiger partial charge in [0.25, 0.3) is 0 Å². The van der Waals surface area contributed by atoms with Gasteiger partial charge in [-0.25, -0.2) is 0 Å². The highest BCUT2D eigenvalue weighted by molar-refractivity contribution is 5.91. The van der Waals surface area contributed by atoms with Crippen LogP contribution in [0.25, 0.3) is 6.08 Å². The van der Waals surface area contributed by atoms with Gasteiger partial charge in [0.2, 0.25) is 5.91 Å². The van der Waals surface area contributed by atoms with Gasteiger partial charge in [-0.15, -0.1) is 0 Å². The highest BCUT2D eigenvalue weighted by Crippen LogP contribution is 2.01. The van der Waals surface area contributed by atoms with E-state index in [0.717, 1.165) is 12.0 Å². The number of amides is 1. The van der Waals surface area contributed by atoms with Crippen LogP contribution in [0.15, 0.2) is 36.4 Å². The van der Waals surface area contributed by atoms with Gasteiger partial charge in [-0.3, -0.25) is 9.69 Å². The van der Waals surface area contributed by atoms with Crippen LogP contribution in [0, 0.1) is 0 Å². The monoisotopic (exact) mass is 232 g/mol. The van der Waals surface area contributed by atoms with E-state index in [1.54, 1.807) is 6.08 Å². The third-order valence-electron chi connectivity index (χ3n) is 2.55. The van der Waals surface area contributed by atoms with E-state index in [9.17, 15) is 4.79 Å². The maximum atomic E-state index is 11.7. The van der Waals surface area contributed by atoms with E-state index in [0.29, 0.717) is 0 Å². The predicted octanol–water partition coefficient (Wildman–Crippen LogP) is 2.11. The van der Waals surface area contributed by atoms with Gasteiger partial charge < -0.3 is 5.32 Å². The number of rotatable bonds is 5. The predicted molar refractivity (Wildman–Crippen MR) is 71.4 cm³/mol. The standard InChI is InChI=1S/C14H20N2O/c1-4-13(16(2)3)15-14(17)11-10-12-8-6-5-7-9-12/h5-11,13H,4H2,1-3H3,(H,15,17). The number of nitrogens with one attached hydrogen (secondary N) is 1. The van der Waals surface area contributed by atoms with Crippen LogP contribution >= 0.6 is 0 Å². The second-order valence-corrected chi connectivity index (χ2v) is 4.14. The summed E-state index contributed by atoms with van der Waals surface area (Å²) in [6.07, 6.45) is 4.36. The van der Waals surface area contributed by atoms with Crippen molar-refractivity contribution in [2.45, 2.75) is 19.5 Å². The minimum atomic E-state index is -0.0607. The summed E-state index contributed by atoms with van der Waals surface area (Å²) in [6.45, 7) is 2.05. The highest BCUT2D eigenvalue weighted by atomic mass is 16.1. The minimum absolute atomic E-state index is 0.0607. The summed E-state index contributed by atoms with van der Waals surface area (Å²) < 4.78 is 0. The average molecular weight is 232 g/mol. The molecule has 1 rings (SSSR count). The third-order valence-corrected chi connectivity index (χ3v) is 2.55. The summed E-state index contributed by atoms with van der Waals surface area (Å²) in [5.74, 6) is -0.0607. The summed E-state index contributed by atoms with van der Waals surface area (Å²) in [5, 5.41) is 2.94. The zero-order valence-corrected chi connectivity index (χ0v) is 10.7. The van der Waals surface area contributed by atoms with Crippen molar-refractivity contribution in [2.75, 3.05) is 14.1 Å². The van der Waals surface area contributed by atoms with Crippen molar-refractivity contribution in [3.63, 3.8) is 0 Å². The summed E-state index contributed by atoms with van der Waals surface area (Å²) >= 11 is 0. The van der Waals surface area contributed by atoms with Crippen LogP contribution in [0.2, 0.25) is 0 Å². The van der Waals surface area contributed by atoms with Crippen LogP contribution in [0.1, 0.15) is 18.9 Å². The van der Waals surface area contributed by atoms with Crippen LogP contribution in [0.3, 0.4) is 0 Å². The van der Waals surface area contributed by atoms with E-state index in [1.165, 1.54) is 0 Å². The number of hydrogen-bond donors (Lipinski definition) is 1. The van der Waals surface area contributed by atoms with E-state index in [2.05, 4.69) is 5.32 Å². The summed E-state index contributed by atoms with van der Waals surface area (Å²) in [5.41, 5.74) is 1.03. The molecule has 92 valence electrons. The Morgan fingerprint density at radius 3 is 2.53 bits per heavy atom. The Morgan fingerprint density at radius 2 is 2.00 bits per heavy atom. The van der Waals surface area contributed by atoms with Crippen LogP contribution in [0.4, 0.5) is 0 Å². The van der Waals surface area contributed by atoms with Crippen molar-refractivity contribution in [1.29, 1.82) is 0 Å². The fourth-order valence-corrected chi connectivity index (χ4v) is 1.54. The van der Waals surface area contributed by atoms with Crippen LogP contribution in [0.5, 0.6) is 0 Å². The first kappa shape index (κ1) is 13.5. The number of carbonyl (C=O) groups excluding carboxylic acids is 1. The van der Waals surface area contributed by atoms with Gasteiger partial charge in [-0.2, -0.15) is 0 Å². The molecule has 3 heteroatoms. The lowest BCUT2D eigenvalue weighted by Crippen LogP contribution is -2.43. The van der Waals surface area contributed by atoms with Crippen molar-refractivity contribution in [3.8, 4) is 0 Å². The fourth-order valence-electron chi connectivity index (χ4n) is 1.54. The lowest BCUT2D eigenvalue weighted by molar-refractivity contribution is -0.118. The average Bonchev–Trinajstić information content (AvgIpc) is 2.34. The van der Waals surface area contributed by atoms with Gasteiger partial charge in [0.1, 0.15) is 0 Å². The molecule has 3 nitrogen and oxygen atoms in total. The summed E-state index contributed by atoms with van der Waals surface area (Å²) in [7, 11) is 3.91. The Balaban J connectivity index is 2.52. The molecule has 0 aliphatic heterocycles. The van der Waals surface area contributed by atoms with Gasteiger partial charge in [-0.05, 0) is 32.2 Å². The van der Waals surface area contributed by atoms with Crippen molar-refractivity contribution in [3.05, 3.63) is 42.0 Å². The molecule has 0 saturated carbocycles. The molecule has 0 radical (unpaired) electrons. The molecule has 1 aromatic rings. The fraction of sp³-hybridized carbons (Fsp3) is 0.357. The molecule has 0 spiro atoms. The Bertz CT molecular complexity index is 371. The van der Waals surface area contributed by atoms with Crippen LogP contribution < -0.4 is 5.32 Å². The molecule has 0 aliphatic rings. The molecule has 1 unspecified atom stereocenters. The van der Waals surface area contributed by atoms with E-state index in [-0.39, 0.29) is 12.1 Å². The molecule has 1 amide bonds. The first-order valence-corrected chi connectivity index (χ1v) is 5.83. The highest BCUT2D eigenvalue weighted by Gasteiger charge is 2.09. The molecule has 0 aromatic heterocycles. The van der Waals surface area contributed by atoms with Gasteiger partial charge in [0, 0.05) is 6.08 Å². The smallest absolute Gasteiger partial charge is 0.245 e. The zero-order valence-electron chi connectivity index (χ0n) is 10.7. The van der Waals surface area contributed by atoms with Gasteiger partial charge in [0.05, 0.1) is 6.17 Å². The van der Waals surface area contributed by atoms with Gasteiger partial charge >= 0.3 is 0 Å². The first-order valence-electron chi connectivity index (χ1n) is 5.83. The Kier molecular flexibility index (Phi) is 5.43. The largest absolute Gasteiger partial charge is 0.337 e. The van der Waals surface area contributed by atoms with Crippen LogP contribution in [-0.2, 0) is 4.79 Å².